The van der Waals surface area contributed by atoms with E-state index in [1.807, 2.05) is 31.2 Å². The summed E-state index contributed by atoms with van der Waals surface area (Å²) in [5, 5.41) is 9.17. The minimum Gasteiger partial charge on any atom is -0.381 e. The van der Waals surface area contributed by atoms with Crippen LogP contribution in [0.5, 0.6) is 0 Å². The van der Waals surface area contributed by atoms with Crippen molar-refractivity contribution in [3.8, 4) is 6.07 Å². The number of nitriles is 1. The van der Waals surface area contributed by atoms with Gasteiger partial charge in [0.05, 0.1) is 12.7 Å². The van der Waals surface area contributed by atoms with E-state index < -0.39 is 5.92 Å². The molecule has 0 amide bonds. The number of hydrogen-bond donors (Lipinski definition) is 0. The van der Waals surface area contributed by atoms with Gasteiger partial charge in [0.1, 0.15) is 5.92 Å². The summed E-state index contributed by atoms with van der Waals surface area (Å²) in [4.78, 5) is 12.2. The van der Waals surface area contributed by atoms with E-state index in [0.717, 1.165) is 17.5 Å². The van der Waals surface area contributed by atoms with Crippen LogP contribution in [0.1, 0.15) is 23.5 Å². The van der Waals surface area contributed by atoms with E-state index >= 15 is 0 Å². The SMILES string of the molecule is Cc1ccc(C(C#N)C(=O)C2CCOC2)cc1. The van der Waals surface area contributed by atoms with Crippen molar-refractivity contribution >= 4 is 5.78 Å². The zero-order chi connectivity index (χ0) is 12.3. The fourth-order valence-electron chi connectivity index (χ4n) is 2.06. The fraction of sp³-hybridized carbons (Fsp3) is 0.429. The second-order valence-electron chi connectivity index (χ2n) is 4.44. The zero-order valence-electron chi connectivity index (χ0n) is 9.85. The number of nitrogens with zero attached hydrogens (tertiary/aromatic N) is 1. The molecule has 1 aliphatic heterocycles. The highest BCUT2D eigenvalue weighted by Crippen LogP contribution is 2.24. The average molecular weight is 229 g/mol. The highest BCUT2D eigenvalue weighted by Gasteiger charge is 2.30. The Morgan fingerprint density at radius 1 is 1.47 bits per heavy atom. The van der Waals surface area contributed by atoms with Gasteiger partial charge in [-0.1, -0.05) is 29.8 Å². The Morgan fingerprint density at radius 3 is 2.71 bits per heavy atom. The van der Waals surface area contributed by atoms with E-state index in [1.54, 1.807) is 0 Å². The summed E-state index contributed by atoms with van der Waals surface area (Å²) in [5.41, 5.74) is 1.91. The molecule has 1 aromatic rings. The number of ether oxygens (including phenoxy) is 1. The van der Waals surface area contributed by atoms with Gasteiger partial charge in [0.25, 0.3) is 0 Å². The summed E-state index contributed by atoms with van der Waals surface area (Å²) < 4.78 is 5.20. The molecule has 0 spiro atoms. The van der Waals surface area contributed by atoms with Crippen molar-refractivity contribution in [1.82, 2.24) is 0 Å². The van der Waals surface area contributed by atoms with Crippen LogP contribution < -0.4 is 0 Å². The number of carbonyl (C=O) groups is 1. The lowest BCUT2D eigenvalue weighted by molar-refractivity contribution is -0.123. The van der Waals surface area contributed by atoms with Crippen LogP contribution in [0.15, 0.2) is 24.3 Å². The number of Topliss-reactive ketones (excluding diaryl/α,β-unsaturated/α-hetero) is 1. The summed E-state index contributed by atoms with van der Waals surface area (Å²) in [6.07, 6.45) is 0.739. The molecule has 0 aliphatic carbocycles. The standard InChI is InChI=1S/C14H15NO2/c1-10-2-4-11(5-3-10)13(8-15)14(16)12-6-7-17-9-12/h2-5,12-13H,6-7,9H2,1H3. The van der Waals surface area contributed by atoms with Crippen LogP contribution in [0, 0.1) is 24.2 Å². The number of aryl methyl sites for hydroxylation is 1. The molecule has 3 heteroatoms. The van der Waals surface area contributed by atoms with Gasteiger partial charge >= 0.3 is 0 Å². The lowest BCUT2D eigenvalue weighted by atomic mass is 9.87. The average Bonchev–Trinajstić information content (AvgIpc) is 2.86. The van der Waals surface area contributed by atoms with Gasteiger partial charge in [0, 0.05) is 12.5 Å². The van der Waals surface area contributed by atoms with Crippen molar-refractivity contribution in [2.75, 3.05) is 13.2 Å². The van der Waals surface area contributed by atoms with E-state index in [4.69, 9.17) is 10.00 Å². The topological polar surface area (TPSA) is 50.1 Å². The van der Waals surface area contributed by atoms with Gasteiger partial charge in [-0.05, 0) is 18.9 Å². The maximum absolute atomic E-state index is 12.2. The largest absolute Gasteiger partial charge is 0.381 e. The molecule has 0 saturated carbocycles. The van der Waals surface area contributed by atoms with Crippen LogP contribution in [0.4, 0.5) is 0 Å². The molecule has 1 aliphatic rings. The molecular formula is C14H15NO2. The van der Waals surface area contributed by atoms with Crippen LogP contribution in [0.2, 0.25) is 0 Å². The Labute approximate surface area is 101 Å². The highest BCUT2D eigenvalue weighted by atomic mass is 16.5. The number of rotatable bonds is 3. The fourth-order valence-corrected chi connectivity index (χ4v) is 2.06. The molecule has 17 heavy (non-hydrogen) atoms. The molecule has 1 saturated heterocycles. The van der Waals surface area contributed by atoms with Gasteiger partial charge in [0.15, 0.2) is 5.78 Å². The van der Waals surface area contributed by atoms with Crippen molar-refractivity contribution in [1.29, 1.82) is 5.26 Å². The lowest BCUT2D eigenvalue weighted by Crippen LogP contribution is -2.21. The predicted molar refractivity (Wildman–Crippen MR) is 63.5 cm³/mol. The Bertz CT molecular complexity index is 438. The highest BCUT2D eigenvalue weighted by molar-refractivity contribution is 5.90. The van der Waals surface area contributed by atoms with Crippen molar-refractivity contribution in [2.24, 2.45) is 5.92 Å². The Kier molecular flexibility index (Phi) is 3.55. The maximum Gasteiger partial charge on any atom is 0.159 e. The van der Waals surface area contributed by atoms with E-state index in [2.05, 4.69) is 6.07 Å². The smallest absolute Gasteiger partial charge is 0.159 e. The molecule has 2 atom stereocenters. The van der Waals surface area contributed by atoms with E-state index in [0.29, 0.717) is 13.2 Å². The van der Waals surface area contributed by atoms with Gasteiger partial charge in [-0.3, -0.25) is 4.79 Å². The zero-order valence-corrected chi connectivity index (χ0v) is 9.85. The summed E-state index contributed by atoms with van der Waals surface area (Å²) in [7, 11) is 0. The number of hydrogen-bond acceptors (Lipinski definition) is 3. The molecule has 1 aromatic carbocycles. The third kappa shape index (κ3) is 2.54. The third-order valence-electron chi connectivity index (χ3n) is 3.16. The van der Waals surface area contributed by atoms with Gasteiger partial charge < -0.3 is 4.74 Å². The van der Waals surface area contributed by atoms with Crippen LogP contribution in [0.25, 0.3) is 0 Å². The maximum atomic E-state index is 12.2. The number of benzene rings is 1. The van der Waals surface area contributed by atoms with Crippen molar-refractivity contribution in [2.45, 2.75) is 19.3 Å². The molecule has 0 N–H and O–H groups in total. The molecule has 1 fully saturated rings. The quantitative estimate of drug-likeness (QED) is 0.798. The number of carbonyl (C=O) groups excluding carboxylic acids is 1. The monoisotopic (exact) mass is 229 g/mol. The minimum atomic E-state index is -0.651. The van der Waals surface area contributed by atoms with Crippen molar-refractivity contribution < 1.29 is 9.53 Å². The van der Waals surface area contributed by atoms with Crippen molar-refractivity contribution in [3.05, 3.63) is 35.4 Å². The van der Waals surface area contributed by atoms with E-state index in [9.17, 15) is 4.79 Å². The molecular weight excluding hydrogens is 214 g/mol. The summed E-state index contributed by atoms with van der Waals surface area (Å²) in [6.45, 7) is 3.07. The third-order valence-corrected chi connectivity index (χ3v) is 3.16. The summed E-state index contributed by atoms with van der Waals surface area (Å²) in [6, 6.07) is 9.68. The minimum absolute atomic E-state index is 0.00569. The second kappa shape index (κ2) is 5.11. The van der Waals surface area contributed by atoms with E-state index in [1.165, 1.54) is 0 Å². The summed E-state index contributed by atoms with van der Waals surface area (Å²) >= 11 is 0. The van der Waals surface area contributed by atoms with Gasteiger partial charge in [0.2, 0.25) is 0 Å². The van der Waals surface area contributed by atoms with Gasteiger partial charge in [-0.15, -0.1) is 0 Å². The predicted octanol–water partition coefficient (Wildman–Crippen LogP) is 2.21. The normalized spacial score (nSPS) is 20.8. The van der Waals surface area contributed by atoms with Gasteiger partial charge in [-0.2, -0.15) is 5.26 Å². The van der Waals surface area contributed by atoms with Gasteiger partial charge in [-0.25, -0.2) is 0 Å². The van der Waals surface area contributed by atoms with E-state index in [-0.39, 0.29) is 11.7 Å². The lowest BCUT2D eigenvalue weighted by Gasteiger charge is -2.12. The first-order valence-corrected chi connectivity index (χ1v) is 5.80. The molecule has 2 unspecified atom stereocenters. The summed E-state index contributed by atoms with van der Waals surface area (Å²) in [5.74, 6) is -0.767. The molecule has 88 valence electrons. The molecule has 0 bridgehead atoms. The second-order valence-corrected chi connectivity index (χ2v) is 4.44. The van der Waals surface area contributed by atoms with Crippen LogP contribution >= 0.6 is 0 Å². The van der Waals surface area contributed by atoms with Crippen LogP contribution in [-0.4, -0.2) is 19.0 Å². The Morgan fingerprint density at radius 2 is 2.18 bits per heavy atom. The van der Waals surface area contributed by atoms with Crippen molar-refractivity contribution in [3.63, 3.8) is 0 Å². The molecule has 0 aromatic heterocycles. The Balaban J connectivity index is 2.18. The molecule has 3 nitrogen and oxygen atoms in total. The van der Waals surface area contributed by atoms with Crippen LogP contribution in [-0.2, 0) is 9.53 Å². The molecule has 0 radical (unpaired) electrons. The first kappa shape index (κ1) is 11.8. The Hall–Kier alpha value is -1.66. The first-order valence-electron chi connectivity index (χ1n) is 5.80. The van der Waals surface area contributed by atoms with Crippen LogP contribution in [0.3, 0.4) is 0 Å². The molecule has 1 heterocycles. The molecule has 2 rings (SSSR count). The number of ketones is 1. The first-order chi connectivity index (χ1) is 8.22.